The predicted octanol–water partition coefficient (Wildman–Crippen LogP) is 1.26. The van der Waals surface area contributed by atoms with E-state index in [2.05, 4.69) is 12.2 Å². The van der Waals surface area contributed by atoms with Crippen LogP contribution in [0.4, 0.5) is 0 Å². The number of hydrogen-bond donors (Lipinski definition) is 1. The standard InChI is InChI=1S/C13H22N2O2S/c1-2-18-9-3-7-15-8-6-11(16)14-12(13(15)17)10-4-5-10/h10,12H,2-9H2,1H3,(H,14,16). The molecule has 0 aromatic rings. The van der Waals surface area contributed by atoms with Gasteiger partial charge in [0.1, 0.15) is 6.04 Å². The first kappa shape index (κ1) is 13.7. The lowest BCUT2D eigenvalue weighted by Crippen LogP contribution is -2.46. The highest BCUT2D eigenvalue weighted by atomic mass is 32.2. The van der Waals surface area contributed by atoms with Gasteiger partial charge in [-0.15, -0.1) is 0 Å². The lowest BCUT2D eigenvalue weighted by molar-refractivity contribution is -0.134. The quantitative estimate of drug-likeness (QED) is 0.739. The van der Waals surface area contributed by atoms with Crippen LogP contribution in [-0.4, -0.2) is 47.4 Å². The highest BCUT2D eigenvalue weighted by Crippen LogP contribution is 2.34. The summed E-state index contributed by atoms with van der Waals surface area (Å²) in [5.74, 6) is 2.79. The number of thioether (sulfide) groups is 1. The number of nitrogens with zero attached hydrogens (tertiary/aromatic N) is 1. The maximum absolute atomic E-state index is 12.3. The lowest BCUT2D eigenvalue weighted by atomic mass is 10.1. The van der Waals surface area contributed by atoms with Crippen LogP contribution in [0.15, 0.2) is 0 Å². The van der Waals surface area contributed by atoms with Gasteiger partial charge in [-0.2, -0.15) is 11.8 Å². The number of carbonyl (C=O) groups excluding carboxylic acids is 2. The fourth-order valence-corrected chi connectivity index (χ4v) is 2.95. The second-order valence-electron chi connectivity index (χ2n) is 5.01. The van der Waals surface area contributed by atoms with Gasteiger partial charge in [-0.3, -0.25) is 9.59 Å². The van der Waals surface area contributed by atoms with Gasteiger partial charge in [-0.25, -0.2) is 0 Å². The van der Waals surface area contributed by atoms with Gasteiger partial charge in [0.2, 0.25) is 11.8 Å². The monoisotopic (exact) mass is 270 g/mol. The molecule has 0 aromatic heterocycles. The Morgan fingerprint density at radius 2 is 2.17 bits per heavy atom. The molecule has 1 aliphatic carbocycles. The van der Waals surface area contributed by atoms with Crippen LogP contribution in [0.2, 0.25) is 0 Å². The third-order valence-electron chi connectivity index (χ3n) is 3.52. The summed E-state index contributed by atoms with van der Waals surface area (Å²) in [5.41, 5.74) is 0. The van der Waals surface area contributed by atoms with Crippen molar-refractivity contribution in [3.63, 3.8) is 0 Å². The molecule has 4 nitrogen and oxygen atoms in total. The lowest BCUT2D eigenvalue weighted by Gasteiger charge is -2.23. The number of hydrogen-bond acceptors (Lipinski definition) is 3. The molecular weight excluding hydrogens is 248 g/mol. The molecule has 1 aliphatic heterocycles. The van der Waals surface area contributed by atoms with Crippen LogP contribution in [0.5, 0.6) is 0 Å². The van der Waals surface area contributed by atoms with E-state index in [4.69, 9.17) is 0 Å². The van der Waals surface area contributed by atoms with Crippen LogP contribution < -0.4 is 5.32 Å². The Morgan fingerprint density at radius 1 is 1.39 bits per heavy atom. The van der Waals surface area contributed by atoms with E-state index in [0.717, 1.165) is 37.3 Å². The number of carbonyl (C=O) groups is 2. The molecule has 2 amide bonds. The van der Waals surface area contributed by atoms with Crippen LogP contribution in [0.25, 0.3) is 0 Å². The molecule has 18 heavy (non-hydrogen) atoms. The van der Waals surface area contributed by atoms with Crippen molar-refractivity contribution in [1.29, 1.82) is 0 Å². The highest BCUT2D eigenvalue weighted by molar-refractivity contribution is 7.99. The molecule has 1 unspecified atom stereocenters. The minimum Gasteiger partial charge on any atom is -0.344 e. The number of nitrogens with one attached hydrogen (secondary N) is 1. The van der Waals surface area contributed by atoms with E-state index in [9.17, 15) is 9.59 Å². The van der Waals surface area contributed by atoms with E-state index in [1.807, 2.05) is 16.7 Å². The number of amides is 2. The van der Waals surface area contributed by atoms with Crippen LogP contribution in [0, 0.1) is 5.92 Å². The Labute approximate surface area is 113 Å². The molecule has 0 aromatic carbocycles. The summed E-state index contributed by atoms with van der Waals surface area (Å²) in [6.07, 6.45) is 3.64. The van der Waals surface area contributed by atoms with E-state index in [-0.39, 0.29) is 17.9 Å². The fraction of sp³-hybridized carbons (Fsp3) is 0.846. The molecule has 1 heterocycles. The highest BCUT2D eigenvalue weighted by Gasteiger charge is 2.40. The summed E-state index contributed by atoms with van der Waals surface area (Å²) in [6, 6.07) is -0.237. The largest absolute Gasteiger partial charge is 0.344 e. The Hall–Kier alpha value is -0.710. The molecule has 102 valence electrons. The first-order valence-corrected chi connectivity index (χ1v) is 8.03. The van der Waals surface area contributed by atoms with E-state index in [1.165, 1.54) is 0 Å². The van der Waals surface area contributed by atoms with Gasteiger partial charge in [-0.1, -0.05) is 6.92 Å². The smallest absolute Gasteiger partial charge is 0.245 e. The molecule has 0 spiro atoms. The number of rotatable bonds is 6. The van der Waals surface area contributed by atoms with Crippen molar-refractivity contribution in [2.75, 3.05) is 24.6 Å². The summed E-state index contributed by atoms with van der Waals surface area (Å²) in [4.78, 5) is 25.8. The zero-order valence-electron chi connectivity index (χ0n) is 11.0. The molecule has 0 radical (unpaired) electrons. The van der Waals surface area contributed by atoms with E-state index in [1.54, 1.807) is 0 Å². The molecule has 2 rings (SSSR count). The van der Waals surface area contributed by atoms with Crippen molar-refractivity contribution in [3.05, 3.63) is 0 Å². The third-order valence-corrected chi connectivity index (χ3v) is 4.50. The molecule has 1 N–H and O–H groups in total. The van der Waals surface area contributed by atoms with Crippen molar-refractivity contribution in [3.8, 4) is 0 Å². The van der Waals surface area contributed by atoms with Crippen LogP contribution >= 0.6 is 11.8 Å². The molecule has 0 bridgehead atoms. The second-order valence-corrected chi connectivity index (χ2v) is 6.40. The maximum atomic E-state index is 12.3. The molecule has 1 saturated heterocycles. The van der Waals surface area contributed by atoms with E-state index < -0.39 is 0 Å². The summed E-state index contributed by atoms with van der Waals surface area (Å²) in [7, 11) is 0. The van der Waals surface area contributed by atoms with Crippen LogP contribution in [-0.2, 0) is 9.59 Å². The van der Waals surface area contributed by atoms with Gasteiger partial charge in [0.15, 0.2) is 0 Å². The molecule has 1 saturated carbocycles. The summed E-state index contributed by atoms with van der Waals surface area (Å²) >= 11 is 1.90. The van der Waals surface area contributed by atoms with Crippen molar-refractivity contribution < 1.29 is 9.59 Å². The minimum absolute atomic E-state index is 0.0330. The van der Waals surface area contributed by atoms with Crippen LogP contribution in [0.3, 0.4) is 0 Å². The van der Waals surface area contributed by atoms with Gasteiger partial charge in [0.25, 0.3) is 0 Å². The normalized spacial score (nSPS) is 24.9. The average Bonchev–Trinajstić information content (AvgIpc) is 3.18. The predicted molar refractivity (Wildman–Crippen MR) is 73.5 cm³/mol. The SMILES string of the molecule is CCSCCCN1CCC(=O)NC(C2CC2)C1=O. The van der Waals surface area contributed by atoms with E-state index >= 15 is 0 Å². The van der Waals surface area contributed by atoms with Crippen molar-refractivity contribution >= 4 is 23.6 Å². The van der Waals surface area contributed by atoms with Gasteiger partial charge < -0.3 is 10.2 Å². The molecule has 1 atom stereocenters. The Morgan fingerprint density at radius 3 is 2.83 bits per heavy atom. The Balaban J connectivity index is 1.87. The minimum atomic E-state index is -0.237. The average molecular weight is 270 g/mol. The summed E-state index contributed by atoms with van der Waals surface area (Å²) in [5, 5.41) is 2.89. The maximum Gasteiger partial charge on any atom is 0.245 e. The first-order valence-electron chi connectivity index (χ1n) is 6.88. The van der Waals surface area contributed by atoms with Gasteiger partial charge >= 0.3 is 0 Å². The first-order chi connectivity index (χ1) is 8.72. The third kappa shape index (κ3) is 3.64. The zero-order valence-corrected chi connectivity index (χ0v) is 11.8. The molecule has 2 fully saturated rings. The molecule has 5 heteroatoms. The van der Waals surface area contributed by atoms with Crippen molar-refractivity contribution in [1.82, 2.24) is 10.2 Å². The topological polar surface area (TPSA) is 49.4 Å². The molecular formula is C13H22N2O2S. The van der Waals surface area contributed by atoms with Gasteiger partial charge in [-0.05, 0) is 36.7 Å². The van der Waals surface area contributed by atoms with E-state index in [0.29, 0.717) is 18.9 Å². The molecule has 2 aliphatic rings. The zero-order chi connectivity index (χ0) is 13.0. The van der Waals surface area contributed by atoms with Crippen LogP contribution in [0.1, 0.15) is 32.6 Å². The fourth-order valence-electron chi connectivity index (χ4n) is 2.32. The second kappa shape index (κ2) is 6.45. The summed E-state index contributed by atoms with van der Waals surface area (Å²) < 4.78 is 0. The summed E-state index contributed by atoms with van der Waals surface area (Å²) in [6.45, 7) is 3.53. The van der Waals surface area contributed by atoms with Gasteiger partial charge in [0, 0.05) is 19.5 Å². The Bertz CT molecular complexity index is 318. The van der Waals surface area contributed by atoms with Gasteiger partial charge in [0.05, 0.1) is 0 Å². The van der Waals surface area contributed by atoms with Crippen molar-refractivity contribution in [2.24, 2.45) is 5.92 Å². The van der Waals surface area contributed by atoms with Crippen molar-refractivity contribution in [2.45, 2.75) is 38.6 Å². The Kier molecular flexibility index (Phi) is 4.92.